The third kappa shape index (κ3) is 3.36. The number of aromatic hydroxyl groups is 1. The van der Waals surface area contributed by atoms with E-state index in [0.717, 1.165) is 22.4 Å². The number of carbonyl (C=O) groups excluding carboxylic acids is 1. The molecule has 2 aromatic carbocycles. The molecular weight excluding hydrogens is 320 g/mol. The molecule has 5 heteroatoms. The van der Waals surface area contributed by atoms with Crippen molar-refractivity contribution >= 4 is 34.6 Å². The average molecular weight is 338 g/mol. The average Bonchev–Trinajstić information content (AvgIpc) is 2.79. The molecule has 0 atom stereocenters. The third-order valence-electron chi connectivity index (χ3n) is 3.75. The van der Waals surface area contributed by atoms with Crippen LogP contribution < -0.4 is 0 Å². The maximum absolute atomic E-state index is 12.4. The Kier molecular flexibility index (Phi) is 4.44. The van der Waals surface area contributed by atoms with Crippen LogP contribution in [0.25, 0.3) is 6.08 Å². The van der Waals surface area contributed by atoms with Crippen LogP contribution in [0.1, 0.15) is 16.7 Å². The van der Waals surface area contributed by atoms with Crippen molar-refractivity contribution in [3.05, 3.63) is 64.1 Å². The molecule has 1 N–H and O–H groups in total. The first-order chi connectivity index (χ1) is 11.4. The SMILES string of the molecule is Cc1ccc(C)c(N=C2S/C(=C/c3cccc(O)c3)C(=O)N2C)c1. The van der Waals surface area contributed by atoms with Gasteiger partial charge in [0.2, 0.25) is 0 Å². The lowest BCUT2D eigenvalue weighted by molar-refractivity contribution is -0.121. The zero-order valence-electron chi connectivity index (χ0n) is 13.8. The van der Waals surface area contributed by atoms with Crippen molar-refractivity contribution in [2.75, 3.05) is 7.05 Å². The van der Waals surface area contributed by atoms with Gasteiger partial charge in [-0.1, -0.05) is 24.3 Å². The lowest BCUT2D eigenvalue weighted by Crippen LogP contribution is -2.23. The number of nitrogens with zero attached hydrogens (tertiary/aromatic N) is 2. The minimum absolute atomic E-state index is 0.0904. The predicted octanol–water partition coefficient (Wildman–Crippen LogP) is 4.24. The van der Waals surface area contributed by atoms with E-state index in [1.165, 1.54) is 11.8 Å². The van der Waals surface area contributed by atoms with Gasteiger partial charge in [-0.15, -0.1) is 0 Å². The van der Waals surface area contributed by atoms with Gasteiger partial charge in [-0.2, -0.15) is 0 Å². The Hall–Kier alpha value is -2.53. The number of hydrogen-bond acceptors (Lipinski definition) is 4. The normalized spacial score (nSPS) is 18.0. The molecule has 1 aliphatic heterocycles. The first kappa shape index (κ1) is 16.3. The van der Waals surface area contributed by atoms with E-state index >= 15 is 0 Å². The summed E-state index contributed by atoms with van der Waals surface area (Å²) in [6.45, 7) is 4.02. The summed E-state index contributed by atoms with van der Waals surface area (Å²) in [5.74, 6) is 0.0878. The minimum atomic E-state index is -0.0904. The summed E-state index contributed by atoms with van der Waals surface area (Å²) >= 11 is 1.34. The van der Waals surface area contributed by atoms with Crippen LogP contribution in [-0.4, -0.2) is 28.1 Å². The van der Waals surface area contributed by atoms with Gasteiger partial charge in [0.15, 0.2) is 5.17 Å². The summed E-state index contributed by atoms with van der Waals surface area (Å²) in [7, 11) is 1.72. The summed E-state index contributed by atoms with van der Waals surface area (Å²) in [5.41, 5.74) is 3.86. The highest BCUT2D eigenvalue weighted by atomic mass is 32.2. The van der Waals surface area contributed by atoms with E-state index in [9.17, 15) is 9.90 Å². The molecule has 24 heavy (non-hydrogen) atoms. The van der Waals surface area contributed by atoms with Gasteiger partial charge >= 0.3 is 0 Å². The van der Waals surface area contributed by atoms with Gasteiger partial charge in [0.1, 0.15) is 5.75 Å². The van der Waals surface area contributed by atoms with Crippen molar-refractivity contribution in [3.63, 3.8) is 0 Å². The fraction of sp³-hybridized carbons (Fsp3) is 0.158. The van der Waals surface area contributed by atoms with Crippen LogP contribution in [0.3, 0.4) is 0 Å². The molecule has 0 saturated carbocycles. The molecule has 1 heterocycles. The lowest BCUT2D eigenvalue weighted by atomic mass is 10.1. The van der Waals surface area contributed by atoms with Crippen LogP contribution in [-0.2, 0) is 4.79 Å². The number of benzene rings is 2. The van der Waals surface area contributed by atoms with Crippen LogP contribution in [0.4, 0.5) is 5.69 Å². The standard InChI is InChI=1S/C19H18N2O2S/c1-12-7-8-13(2)16(9-12)20-19-21(3)18(23)17(24-19)11-14-5-4-6-15(22)10-14/h4-11,22H,1-3H3/b17-11+,20-19?. The summed E-state index contributed by atoms with van der Waals surface area (Å²) in [6, 6.07) is 12.9. The second-order valence-electron chi connectivity index (χ2n) is 5.75. The van der Waals surface area contributed by atoms with Crippen LogP contribution in [0.2, 0.25) is 0 Å². The summed E-state index contributed by atoms with van der Waals surface area (Å²) in [6.07, 6.45) is 1.77. The highest BCUT2D eigenvalue weighted by molar-refractivity contribution is 8.18. The number of phenols is 1. The molecule has 1 amide bonds. The van der Waals surface area contributed by atoms with E-state index < -0.39 is 0 Å². The fourth-order valence-corrected chi connectivity index (χ4v) is 3.34. The number of hydrogen-bond donors (Lipinski definition) is 1. The smallest absolute Gasteiger partial charge is 0.266 e. The Morgan fingerprint density at radius 1 is 1.17 bits per heavy atom. The van der Waals surface area contributed by atoms with E-state index in [0.29, 0.717) is 10.1 Å². The van der Waals surface area contributed by atoms with Gasteiger partial charge in [0, 0.05) is 7.05 Å². The molecule has 0 unspecified atom stereocenters. The second kappa shape index (κ2) is 6.53. The number of aliphatic imine (C=N–C) groups is 1. The van der Waals surface area contributed by atoms with E-state index in [2.05, 4.69) is 4.99 Å². The van der Waals surface area contributed by atoms with Gasteiger partial charge in [0.05, 0.1) is 10.6 Å². The monoisotopic (exact) mass is 338 g/mol. The number of phenolic OH excluding ortho intramolecular Hbond substituents is 1. The Balaban J connectivity index is 1.94. The Morgan fingerprint density at radius 3 is 2.71 bits per heavy atom. The molecule has 0 aromatic heterocycles. The highest BCUT2D eigenvalue weighted by Crippen LogP contribution is 2.34. The molecule has 0 aliphatic carbocycles. The molecule has 2 aromatic rings. The largest absolute Gasteiger partial charge is 0.508 e. The molecule has 1 aliphatic rings. The predicted molar refractivity (Wildman–Crippen MR) is 99.5 cm³/mol. The minimum Gasteiger partial charge on any atom is -0.508 e. The lowest BCUT2D eigenvalue weighted by Gasteiger charge is -2.08. The number of aryl methyl sites for hydroxylation is 2. The van der Waals surface area contributed by atoms with Crippen LogP contribution in [0.15, 0.2) is 52.4 Å². The van der Waals surface area contributed by atoms with Crippen molar-refractivity contribution in [2.45, 2.75) is 13.8 Å². The zero-order chi connectivity index (χ0) is 17.3. The van der Waals surface area contributed by atoms with E-state index in [4.69, 9.17) is 0 Å². The fourth-order valence-electron chi connectivity index (χ4n) is 2.36. The molecule has 1 fully saturated rings. The number of carbonyl (C=O) groups is 1. The van der Waals surface area contributed by atoms with Gasteiger partial charge in [-0.3, -0.25) is 9.69 Å². The second-order valence-corrected chi connectivity index (χ2v) is 6.76. The number of likely N-dealkylation sites (N-methyl/N-ethyl adjacent to an activating group) is 1. The molecule has 4 nitrogen and oxygen atoms in total. The molecule has 3 rings (SSSR count). The van der Waals surface area contributed by atoms with Crippen molar-refractivity contribution in [2.24, 2.45) is 4.99 Å². The van der Waals surface area contributed by atoms with Gasteiger partial charge < -0.3 is 5.11 Å². The molecule has 0 bridgehead atoms. The highest BCUT2D eigenvalue weighted by Gasteiger charge is 2.30. The maximum Gasteiger partial charge on any atom is 0.266 e. The molecule has 1 saturated heterocycles. The van der Waals surface area contributed by atoms with Gasteiger partial charge in [-0.05, 0) is 66.6 Å². The zero-order valence-corrected chi connectivity index (χ0v) is 14.6. The Labute approximate surface area is 145 Å². The summed E-state index contributed by atoms with van der Waals surface area (Å²) in [4.78, 5) is 19.2. The molecule has 0 radical (unpaired) electrons. The van der Waals surface area contributed by atoms with E-state index in [-0.39, 0.29) is 11.7 Å². The van der Waals surface area contributed by atoms with Crippen molar-refractivity contribution in [3.8, 4) is 5.75 Å². The maximum atomic E-state index is 12.4. The van der Waals surface area contributed by atoms with Crippen LogP contribution in [0.5, 0.6) is 5.75 Å². The number of amides is 1. The van der Waals surface area contributed by atoms with E-state index in [1.807, 2.05) is 38.1 Å². The number of rotatable bonds is 2. The third-order valence-corrected chi connectivity index (χ3v) is 4.81. The van der Waals surface area contributed by atoms with Gasteiger partial charge in [0.25, 0.3) is 5.91 Å². The van der Waals surface area contributed by atoms with Crippen molar-refractivity contribution in [1.29, 1.82) is 0 Å². The van der Waals surface area contributed by atoms with Gasteiger partial charge in [-0.25, -0.2) is 4.99 Å². The van der Waals surface area contributed by atoms with Crippen LogP contribution >= 0.6 is 11.8 Å². The summed E-state index contributed by atoms with van der Waals surface area (Å²) in [5, 5.41) is 10.2. The number of amidine groups is 1. The Morgan fingerprint density at radius 2 is 1.96 bits per heavy atom. The van der Waals surface area contributed by atoms with Crippen molar-refractivity contribution < 1.29 is 9.90 Å². The molecule has 0 spiro atoms. The van der Waals surface area contributed by atoms with Crippen molar-refractivity contribution in [1.82, 2.24) is 4.90 Å². The molecule has 122 valence electrons. The van der Waals surface area contributed by atoms with Crippen LogP contribution in [0, 0.1) is 13.8 Å². The summed E-state index contributed by atoms with van der Waals surface area (Å²) < 4.78 is 0. The topological polar surface area (TPSA) is 52.9 Å². The number of thioether (sulfide) groups is 1. The Bertz CT molecular complexity index is 871. The first-order valence-corrected chi connectivity index (χ1v) is 8.38. The first-order valence-electron chi connectivity index (χ1n) is 7.56. The quantitative estimate of drug-likeness (QED) is 0.833. The molecular formula is C19H18N2O2S. The van der Waals surface area contributed by atoms with E-state index in [1.54, 1.807) is 36.2 Å².